The fourth-order valence-corrected chi connectivity index (χ4v) is 2.95. The second-order valence-electron chi connectivity index (χ2n) is 5.91. The van der Waals surface area contributed by atoms with Crippen LogP contribution in [-0.2, 0) is 16.7 Å². The Morgan fingerprint density at radius 3 is 2.68 bits per heavy atom. The molecule has 0 radical (unpaired) electrons. The van der Waals surface area contributed by atoms with Gasteiger partial charge in [-0.1, -0.05) is 34.4 Å². The number of halogens is 2. The zero-order chi connectivity index (χ0) is 17.8. The monoisotopic (exact) mass is 380 g/mol. The van der Waals surface area contributed by atoms with Crippen molar-refractivity contribution < 1.29 is 9.63 Å². The van der Waals surface area contributed by atoms with E-state index in [9.17, 15) is 4.79 Å². The normalized spacial score (nSPS) is 15.4. The summed E-state index contributed by atoms with van der Waals surface area (Å²) in [5, 5.41) is 11.7. The van der Waals surface area contributed by atoms with Gasteiger partial charge < -0.3 is 10.2 Å². The van der Waals surface area contributed by atoms with Crippen molar-refractivity contribution in [1.82, 2.24) is 9.78 Å². The first kappa shape index (κ1) is 17.8. The molecule has 1 aromatic carbocycles. The maximum atomic E-state index is 12.7. The number of nitrogens with zero attached hydrogens (tertiary/aromatic N) is 3. The Kier molecular flexibility index (Phi) is 5.60. The molecule has 2 aromatic rings. The minimum absolute atomic E-state index is 0.0421. The second kappa shape index (κ2) is 7.89. The lowest BCUT2D eigenvalue weighted by Gasteiger charge is -2.11. The first-order chi connectivity index (χ1) is 12.0. The first-order valence-electron chi connectivity index (χ1n) is 8.03. The molecule has 6 nitrogen and oxygen atoms in total. The molecule has 1 aliphatic carbocycles. The molecule has 0 unspecified atom stereocenters. The van der Waals surface area contributed by atoms with Gasteiger partial charge in [0.2, 0.25) is 0 Å². The van der Waals surface area contributed by atoms with Crippen molar-refractivity contribution in [3.05, 3.63) is 46.1 Å². The molecule has 0 atom stereocenters. The Bertz CT molecular complexity index is 798. The Labute approximate surface area is 155 Å². The lowest BCUT2D eigenvalue weighted by Crippen LogP contribution is -2.25. The van der Waals surface area contributed by atoms with E-state index in [1.54, 1.807) is 42.2 Å². The maximum Gasteiger partial charge on any atom is 0.279 e. The van der Waals surface area contributed by atoms with Crippen LogP contribution < -0.4 is 5.32 Å². The molecule has 132 valence electrons. The van der Waals surface area contributed by atoms with Crippen molar-refractivity contribution in [2.24, 2.45) is 12.2 Å². The standard InChI is InChI=1S/C17H18Cl2N4O2/c1-23-9-8-15(21-23)20-17(24)16(22-25-12-4-2-3-5-12)11-6-7-13(18)14(19)10-11/h6-10,12H,2-5H2,1H3,(H,20,21,24)/b22-16-. The largest absolute Gasteiger partial charge is 0.392 e. The molecular formula is C17H18Cl2N4O2. The van der Waals surface area contributed by atoms with Crippen LogP contribution in [0, 0.1) is 0 Å². The Balaban J connectivity index is 1.85. The zero-order valence-electron chi connectivity index (χ0n) is 13.7. The summed E-state index contributed by atoms with van der Waals surface area (Å²) in [6.07, 6.45) is 5.89. The van der Waals surface area contributed by atoms with Gasteiger partial charge in [-0.15, -0.1) is 0 Å². The predicted molar refractivity (Wildman–Crippen MR) is 98.2 cm³/mol. The van der Waals surface area contributed by atoms with E-state index in [0.29, 0.717) is 21.4 Å². The van der Waals surface area contributed by atoms with Gasteiger partial charge in [0.05, 0.1) is 10.0 Å². The van der Waals surface area contributed by atoms with Gasteiger partial charge >= 0.3 is 0 Å². The number of rotatable bonds is 5. The molecule has 0 aliphatic heterocycles. The molecule has 8 heteroatoms. The molecule has 0 saturated heterocycles. The van der Waals surface area contributed by atoms with Crippen molar-refractivity contribution >= 4 is 40.6 Å². The van der Waals surface area contributed by atoms with Crippen molar-refractivity contribution in [2.45, 2.75) is 31.8 Å². The van der Waals surface area contributed by atoms with Crippen LogP contribution in [0.3, 0.4) is 0 Å². The topological polar surface area (TPSA) is 68.5 Å². The number of hydrogen-bond acceptors (Lipinski definition) is 4. The number of aryl methyl sites for hydroxylation is 1. The lowest BCUT2D eigenvalue weighted by molar-refractivity contribution is -0.110. The van der Waals surface area contributed by atoms with Crippen LogP contribution in [0.15, 0.2) is 35.6 Å². The van der Waals surface area contributed by atoms with E-state index in [0.717, 1.165) is 25.7 Å². The first-order valence-corrected chi connectivity index (χ1v) is 8.79. The number of hydrogen-bond donors (Lipinski definition) is 1. The molecule has 1 aromatic heterocycles. The number of amides is 1. The van der Waals surface area contributed by atoms with Gasteiger partial charge in [0.1, 0.15) is 6.10 Å². The van der Waals surface area contributed by atoms with Crippen LogP contribution in [0.5, 0.6) is 0 Å². The molecule has 1 saturated carbocycles. The summed E-state index contributed by atoms with van der Waals surface area (Å²) in [7, 11) is 1.77. The van der Waals surface area contributed by atoms with Gasteiger partial charge in [-0.05, 0) is 37.8 Å². The highest BCUT2D eigenvalue weighted by Crippen LogP contribution is 2.24. The van der Waals surface area contributed by atoms with E-state index in [1.807, 2.05) is 0 Å². The minimum Gasteiger partial charge on any atom is -0.392 e. The Morgan fingerprint density at radius 2 is 2.04 bits per heavy atom. The van der Waals surface area contributed by atoms with Gasteiger partial charge in [-0.3, -0.25) is 9.48 Å². The van der Waals surface area contributed by atoms with Crippen molar-refractivity contribution in [3.63, 3.8) is 0 Å². The fraction of sp³-hybridized carbons (Fsp3) is 0.353. The average molecular weight is 381 g/mol. The molecule has 3 rings (SSSR count). The quantitative estimate of drug-likeness (QED) is 0.628. The number of anilines is 1. The highest BCUT2D eigenvalue weighted by atomic mass is 35.5. The number of nitrogens with one attached hydrogen (secondary N) is 1. The summed E-state index contributed by atoms with van der Waals surface area (Å²) in [6, 6.07) is 6.60. The number of carbonyl (C=O) groups excluding carboxylic acids is 1. The molecular weight excluding hydrogens is 363 g/mol. The van der Waals surface area contributed by atoms with Gasteiger partial charge in [-0.2, -0.15) is 5.10 Å². The molecule has 25 heavy (non-hydrogen) atoms. The van der Waals surface area contributed by atoms with Gasteiger partial charge in [-0.25, -0.2) is 0 Å². The highest BCUT2D eigenvalue weighted by molar-refractivity contribution is 6.49. The van der Waals surface area contributed by atoms with Gasteiger partial charge in [0.15, 0.2) is 11.5 Å². The van der Waals surface area contributed by atoms with Crippen LogP contribution in [0.1, 0.15) is 31.2 Å². The second-order valence-corrected chi connectivity index (χ2v) is 6.72. The minimum atomic E-state index is -0.421. The summed E-state index contributed by atoms with van der Waals surface area (Å²) < 4.78 is 1.60. The van der Waals surface area contributed by atoms with E-state index in [2.05, 4.69) is 15.6 Å². The number of aromatic nitrogens is 2. The molecule has 0 bridgehead atoms. The summed E-state index contributed by atoms with van der Waals surface area (Å²) in [5.41, 5.74) is 0.664. The fourth-order valence-electron chi connectivity index (χ4n) is 2.65. The molecule has 1 amide bonds. The van der Waals surface area contributed by atoms with Gasteiger partial charge in [0.25, 0.3) is 5.91 Å². The van der Waals surface area contributed by atoms with E-state index < -0.39 is 5.91 Å². The Morgan fingerprint density at radius 1 is 1.28 bits per heavy atom. The Hall–Kier alpha value is -2.05. The lowest BCUT2D eigenvalue weighted by atomic mass is 10.1. The third-order valence-corrected chi connectivity index (χ3v) is 4.70. The number of carbonyl (C=O) groups is 1. The third kappa shape index (κ3) is 4.52. The SMILES string of the molecule is Cn1ccc(NC(=O)/C(=N\OC2CCCC2)c2ccc(Cl)c(Cl)c2)n1. The van der Waals surface area contributed by atoms with E-state index in [1.165, 1.54) is 0 Å². The summed E-state index contributed by atoms with van der Waals surface area (Å²) in [5.74, 6) is 0.0104. The summed E-state index contributed by atoms with van der Waals surface area (Å²) in [4.78, 5) is 18.3. The smallest absolute Gasteiger partial charge is 0.279 e. The molecule has 1 heterocycles. The van der Waals surface area contributed by atoms with E-state index in [4.69, 9.17) is 28.0 Å². The predicted octanol–water partition coefficient (Wildman–Crippen LogP) is 4.03. The van der Waals surface area contributed by atoms with Crippen molar-refractivity contribution in [1.29, 1.82) is 0 Å². The summed E-state index contributed by atoms with van der Waals surface area (Å²) in [6.45, 7) is 0. The molecule has 1 aliphatic rings. The average Bonchev–Trinajstić information content (AvgIpc) is 3.23. The number of oxime groups is 1. The van der Waals surface area contributed by atoms with Crippen molar-refractivity contribution in [2.75, 3.05) is 5.32 Å². The third-order valence-electron chi connectivity index (χ3n) is 3.96. The number of benzene rings is 1. The maximum absolute atomic E-state index is 12.7. The van der Waals surface area contributed by atoms with Crippen molar-refractivity contribution in [3.8, 4) is 0 Å². The molecule has 1 N–H and O–H groups in total. The highest BCUT2D eigenvalue weighted by Gasteiger charge is 2.21. The van der Waals surface area contributed by atoms with Crippen LogP contribution in [0.4, 0.5) is 5.82 Å². The molecule has 1 fully saturated rings. The van der Waals surface area contributed by atoms with Crippen LogP contribution in [-0.4, -0.2) is 27.5 Å². The van der Waals surface area contributed by atoms with Crippen LogP contribution in [0.25, 0.3) is 0 Å². The molecule has 0 spiro atoms. The zero-order valence-corrected chi connectivity index (χ0v) is 15.2. The van der Waals surface area contributed by atoms with Crippen LogP contribution in [0.2, 0.25) is 10.0 Å². The summed E-state index contributed by atoms with van der Waals surface area (Å²) >= 11 is 12.0. The van der Waals surface area contributed by atoms with E-state index in [-0.39, 0.29) is 11.8 Å². The van der Waals surface area contributed by atoms with Crippen LogP contribution >= 0.6 is 23.2 Å². The van der Waals surface area contributed by atoms with Gasteiger partial charge in [0, 0.05) is 24.9 Å². The van der Waals surface area contributed by atoms with E-state index >= 15 is 0 Å².